The summed E-state index contributed by atoms with van der Waals surface area (Å²) in [5.41, 5.74) is 7.11. The second-order valence-corrected chi connectivity index (χ2v) is 6.34. The van der Waals surface area contributed by atoms with Gasteiger partial charge in [-0.15, -0.1) is 0 Å². The van der Waals surface area contributed by atoms with Crippen molar-refractivity contribution in [3.05, 3.63) is 101 Å². The average molecular weight is 402 g/mol. The number of hydrogen-bond acceptors (Lipinski definition) is 5. The number of benzene rings is 3. The minimum Gasteiger partial charge on any atom is -0.452 e. The summed E-state index contributed by atoms with van der Waals surface area (Å²) in [6, 6.07) is 20.8. The van der Waals surface area contributed by atoms with Crippen LogP contribution >= 0.6 is 0 Å². The van der Waals surface area contributed by atoms with E-state index in [4.69, 9.17) is 10.5 Å². The summed E-state index contributed by atoms with van der Waals surface area (Å²) < 4.78 is 5.00. The number of esters is 1. The standard InChI is InChI=1S/C23H18N2O5/c24-22(28)17-10-12-19(13-11-17)25-20(26)14-30-23(29)18-8-6-16(7-9-18)21(27)15-4-2-1-3-5-15/h1-13H,14H2,(H2,24,28)(H,25,26). The Hall–Kier alpha value is -4.26. The van der Waals surface area contributed by atoms with Crippen LogP contribution in [-0.4, -0.2) is 30.2 Å². The van der Waals surface area contributed by atoms with Gasteiger partial charge in [-0.25, -0.2) is 4.79 Å². The molecule has 30 heavy (non-hydrogen) atoms. The lowest BCUT2D eigenvalue weighted by atomic mass is 10.0. The van der Waals surface area contributed by atoms with Gasteiger partial charge in [0.05, 0.1) is 5.56 Å². The van der Waals surface area contributed by atoms with Crippen LogP contribution in [0, 0.1) is 0 Å². The quantitative estimate of drug-likeness (QED) is 0.466. The highest BCUT2D eigenvalue weighted by molar-refractivity contribution is 6.09. The zero-order valence-corrected chi connectivity index (χ0v) is 15.8. The zero-order valence-electron chi connectivity index (χ0n) is 15.8. The highest BCUT2D eigenvalue weighted by atomic mass is 16.5. The molecule has 0 spiro atoms. The van der Waals surface area contributed by atoms with Crippen molar-refractivity contribution < 1.29 is 23.9 Å². The fraction of sp³-hybridized carbons (Fsp3) is 0.0435. The first-order chi connectivity index (χ1) is 14.4. The number of rotatable bonds is 7. The van der Waals surface area contributed by atoms with Gasteiger partial charge in [0.1, 0.15) is 0 Å². The van der Waals surface area contributed by atoms with Crippen molar-refractivity contribution in [2.24, 2.45) is 5.73 Å². The van der Waals surface area contributed by atoms with E-state index in [1.807, 2.05) is 6.07 Å². The fourth-order valence-electron chi connectivity index (χ4n) is 2.64. The van der Waals surface area contributed by atoms with Gasteiger partial charge >= 0.3 is 5.97 Å². The van der Waals surface area contributed by atoms with Crippen LogP contribution in [0.3, 0.4) is 0 Å². The van der Waals surface area contributed by atoms with Crippen LogP contribution in [0.2, 0.25) is 0 Å². The molecule has 150 valence electrons. The Morgan fingerprint density at radius 1 is 0.700 bits per heavy atom. The van der Waals surface area contributed by atoms with Crippen molar-refractivity contribution in [2.75, 3.05) is 11.9 Å². The van der Waals surface area contributed by atoms with E-state index >= 15 is 0 Å². The predicted octanol–water partition coefficient (Wildman–Crippen LogP) is 2.81. The highest BCUT2D eigenvalue weighted by Crippen LogP contribution is 2.12. The molecule has 3 rings (SSSR count). The molecule has 0 aliphatic carbocycles. The number of primary amides is 1. The summed E-state index contributed by atoms with van der Waals surface area (Å²) in [7, 11) is 0. The minimum atomic E-state index is -0.687. The van der Waals surface area contributed by atoms with E-state index in [-0.39, 0.29) is 11.3 Å². The van der Waals surface area contributed by atoms with Crippen LogP contribution in [0.5, 0.6) is 0 Å². The van der Waals surface area contributed by atoms with Crippen LogP contribution in [0.15, 0.2) is 78.9 Å². The third kappa shape index (κ3) is 5.17. The van der Waals surface area contributed by atoms with Gasteiger partial charge in [-0.2, -0.15) is 0 Å². The van der Waals surface area contributed by atoms with Crippen LogP contribution in [0.25, 0.3) is 0 Å². The predicted molar refractivity (Wildman–Crippen MR) is 110 cm³/mol. The summed E-state index contributed by atoms with van der Waals surface area (Å²) in [6.45, 7) is -0.485. The van der Waals surface area contributed by atoms with Gasteiger partial charge in [0.25, 0.3) is 5.91 Å². The Balaban J connectivity index is 1.53. The highest BCUT2D eigenvalue weighted by Gasteiger charge is 2.13. The molecule has 0 saturated carbocycles. The minimum absolute atomic E-state index is 0.155. The van der Waals surface area contributed by atoms with E-state index in [0.29, 0.717) is 22.4 Å². The van der Waals surface area contributed by atoms with Gasteiger partial charge in [-0.1, -0.05) is 42.5 Å². The van der Waals surface area contributed by atoms with Gasteiger partial charge in [0.2, 0.25) is 5.91 Å². The molecular weight excluding hydrogens is 384 g/mol. The first-order valence-electron chi connectivity index (χ1n) is 9.00. The van der Waals surface area contributed by atoms with Gasteiger partial charge in [-0.05, 0) is 36.4 Å². The molecule has 0 unspecified atom stereocenters. The molecule has 0 radical (unpaired) electrons. The van der Waals surface area contributed by atoms with Crippen LogP contribution in [-0.2, 0) is 9.53 Å². The van der Waals surface area contributed by atoms with Gasteiger partial charge in [-0.3, -0.25) is 14.4 Å². The Labute approximate surface area is 172 Å². The van der Waals surface area contributed by atoms with Gasteiger partial charge < -0.3 is 15.8 Å². The largest absolute Gasteiger partial charge is 0.452 e. The van der Waals surface area contributed by atoms with E-state index in [2.05, 4.69) is 5.32 Å². The van der Waals surface area contributed by atoms with E-state index < -0.39 is 24.4 Å². The lowest BCUT2D eigenvalue weighted by Crippen LogP contribution is -2.21. The first-order valence-corrected chi connectivity index (χ1v) is 9.00. The van der Waals surface area contributed by atoms with E-state index in [1.165, 1.54) is 48.5 Å². The topological polar surface area (TPSA) is 116 Å². The molecule has 3 aromatic rings. The molecule has 3 aromatic carbocycles. The lowest BCUT2D eigenvalue weighted by Gasteiger charge is -2.07. The molecule has 0 atom stereocenters. The normalized spacial score (nSPS) is 10.1. The Bertz CT molecular complexity index is 1070. The summed E-state index contributed by atoms with van der Waals surface area (Å²) in [6.07, 6.45) is 0. The second-order valence-electron chi connectivity index (χ2n) is 6.34. The van der Waals surface area contributed by atoms with Gasteiger partial charge in [0.15, 0.2) is 12.4 Å². The molecule has 3 N–H and O–H groups in total. The van der Waals surface area contributed by atoms with Crippen molar-refractivity contribution in [3.8, 4) is 0 Å². The van der Waals surface area contributed by atoms with E-state index in [9.17, 15) is 19.2 Å². The SMILES string of the molecule is NC(=O)c1ccc(NC(=O)COC(=O)c2ccc(C(=O)c3ccccc3)cc2)cc1. The van der Waals surface area contributed by atoms with Crippen molar-refractivity contribution in [1.29, 1.82) is 0 Å². The number of anilines is 1. The van der Waals surface area contributed by atoms with E-state index in [0.717, 1.165) is 0 Å². The second kappa shape index (κ2) is 9.29. The summed E-state index contributed by atoms with van der Waals surface area (Å²) in [5, 5.41) is 2.54. The van der Waals surface area contributed by atoms with Crippen LogP contribution in [0.4, 0.5) is 5.69 Å². The number of ether oxygens (including phenoxy) is 1. The summed E-state index contributed by atoms with van der Waals surface area (Å²) in [5.74, 6) is -1.95. The maximum absolute atomic E-state index is 12.4. The Kier molecular flexibility index (Phi) is 6.34. The van der Waals surface area contributed by atoms with Crippen LogP contribution < -0.4 is 11.1 Å². The molecule has 0 bridgehead atoms. The summed E-state index contributed by atoms with van der Waals surface area (Å²) >= 11 is 0. The third-order valence-corrected chi connectivity index (χ3v) is 4.21. The number of nitrogens with one attached hydrogen (secondary N) is 1. The molecule has 7 heteroatoms. The average Bonchev–Trinajstić information content (AvgIpc) is 2.78. The number of carbonyl (C=O) groups is 4. The van der Waals surface area contributed by atoms with Crippen molar-refractivity contribution in [1.82, 2.24) is 0 Å². The third-order valence-electron chi connectivity index (χ3n) is 4.21. The van der Waals surface area contributed by atoms with Crippen molar-refractivity contribution in [3.63, 3.8) is 0 Å². The Morgan fingerprint density at radius 2 is 1.23 bits per heavy atom. The first kappa shape index (κ1) is 20.5. The number of nitrogens with two attached hydrogens (primary N) is 1. The van der Waals surface area contributed by atoms with E-state index in [1.54, 1.807) is 24.3 Å². The number of ketones is 1. The molecule has 0 aromatic heterocycles. The molecule has 0 fully saturated rings. The van der Waals surface area contributed by atoms with Crippen molar-refractivity contribution >= 4 is 29.3 Å². The molecule has 0 heterocycles. The number of amides is 2. The van der Waals surface area contributed by atoms with Crippen molar-refractivity contribution in [2.45, 2.75) is 0 Å². The Morgan fingerprint density at radius 3 is 1.83 bits per heavy atom. The number of carbonyl (C=O) groups excluding carboxylic acids is 4. The smallest absolute Gasteiger partial charge is 0.338 e. The van der Waals surface area contributed by atoms with Crippen LogP contribution in [0.1, 0.15) is 36.6 Å². The maximum atomic E-state index is 12.4. The number of hydrogen-bond donors (Lipinski definition) is 2. The maximum Gasteiger partial charge on any atom is 0.338 e. The van der Waals surface area contributed by atoms with Gasteiger partial charge in [0, 0.05) is 22.4 Å². The monoisotopic (exact) mass is 402 g/mol. The summed E-state index contributed by atoms with van der Waals surface area (Å²) in [4.78, 5) is 47.5. The molecule has 7 nitrogen and oxygen atoms in total. The molecular formula is C23H18N2O5. The fourth-order valence-corrected chi connectivity index (χ4v) is 2.64. The molecule has 0 saturated heterocycles. The lowest BCUT2D eigenvalue weighted by molar-refractivity contribution is -0.119. The molecule has 2 amide bonds. The molecule has 0 aliphatic heterocycles. The molecule has 0 aliphatic rings. The zero-order chi connectivity index (χ0) is 21.5.